The van der Waals surface area contributed by atoms with Crippen LogP contribution in [0.3, 0.4) is 0 Å². The number of alkyl carbamates (subject to hydrolysis) is 1. The Labute approximate surface area is 137 Å². The van der Waals surface area contributed by atoms with Crippen molar-refractivity contribution in [1.82, 2.24) is 10.3 Å². The van der Waals surface area contributed by atoms with Crippen LogP contribution >= 0.6 is 0 Å². The molecule has 1 heterocycles. The van der Waals surface area contributed by atoms with Gasteiger partial charge in [-0.3, -0.25) is 4.98 Å². The normalized spacial score (nSPS) is 10.9. The van der Waals surface area contributed by atoms with Gasteiger partial charge in [-0.05, 0) is 50.6 Å². The maximum atomic E-state index is 11.6. The minimum Gasteiger partial charge on any atom is -0.444 e. The molecular weight excluding hydrogens is 290 g/mol. The first-order valence-electron chi connectivity index (χ1n) is 7.62. The van der Waals surface area contributed by atoms with Gasteiger partial charge in [-0.15, -0.1) is 0 Å². The molecule has 0 atom stereocenters. The monoisotopic (exact) mass is 313 g/mol. The van der Waals surface area contributed by atoms with E-state index in [9.17, 15) is 4.79 Å². The Morgan fingerprint density at radius 1 is 1.09 bits per heavy atom. The number of anilines is 1. The molecule has 23 heavy (non-hydrogen) atoms. The molecule has 1 aromatic heterocycles. The Morgan fingerprint density at radius 2 is 1.83 bits per heavy atom. The van der Waals surface area contributed by atoms with Crippen molar-refractivity contribution in [3.05, 3.63) is 59.9 Å². The van der Waals surface area contributed by atoms with Crippen LogP contribution in [0.1, 0.15) is 32.0 Å². The minimum absolute atomic E-state index is 0.408. The van der Waals surface area contributed by atoms with E-state index in [-0.39, 0.29) is 0 Å². The van der Waals surface area contributed by atoms with Gasteiger partial charge in [0.05, 0.1) is 12.2 Å². The lowest BCUT2D eigenvalue weighted by Crippen LogP contribution is -2.32. The third-order valence-electron chi connectivity index (χ3n) is 2.99. The Kier molecular flexibility index (Phi) is 5.57. The summed E-state index contributed by atoms with van der Waals surface area (Å²) in [6.45, 7) is 6.64. The van der Waals surface area contributed by atoms with Gasteiger partial charge < -0.3 is 15.4 Å². The highest BCUT2D eigenvalue weighted by Crippen LogP contribution is 2.11. The van der Waals surface area contributed by atoms with Gasteiger partial charge in [-0.2, -0.15) is 0 Å². The van der Waals surface area contributed by atoms with E-state index in [1.54, 1.807) is 6.20 Å². The van der Waals surface area contributed by atoms with Gasteiger partial charge in [0.1, 0.15) is 5.60 Å². The number of carbonyl (C=O) groups is 1. The number of benzene rings is 1. The molecule has 0 saturated carbocycles. The second kappa shape index (κ2) is 7.63. The van der Waals surface area contributed by atoms with E-state index in [0.717, 1.165) is 16.9 Å². The van der Waals surface area contributed by atoms with Crippen LogP contribution in [0.5, 0.6) is 0 Å². The zero-order valence-electron chi connectivity index (χ0n) is 13.8. The van der Waals surface area contributed by atoms with Crippen LogP contribution in [-0.4, -0.2) is 16.7 Å². The predicted molar refractivity (Wildman–Crippen MR) is 91.1 cm³/mol. The number of pyridine rings is 1. The first-order valence-corrected chi connectivity index (χ1v) is 7.62. The number of aromatic nitrogens is 1. The van der Waals surface area contributed by atoms with Crippen molar-refractivity contribution < 1.29 is 9.53 Å². The lowest BCUT2D eigenvalue weighted by molar-refractivity contribution is 0.0523. The summed E-state index contributed by atoms with van der Waals surface area (Å²) in [5.74, 6) is 0. The van der Waals surface area contributed by atoms with Crippen LogP contribution in [0.15, 0.2) is 48.7 Å². The molecule has 2 N–H and O–H groups in total. The SMILES string of the molecule is CC(C)(C)OC(=O)NCc1ccc(NCc2ccccn2)cc1. The highest BCUT2D eigenvalue weighted by Gasteiger charge is 2.15. The lowest BCUT2D eigenvalue weighted by atomic mass is 10.2. The molecule has 1 amide bonds. The first-order chi connectivity index (χ1) is 10.9. The number of nitrogens with zero attached hydrogens (tertiary/aromatic N) is 1. The molecular formula is C18H23N3O2. The summed E-state index contributed by atoms with van der Waals surface area (Å²) in [6.07, 6.45) is 1.37. The summed E-state index contributed by atoms with van der Waals surface area (Å²) in [7, 11) is 0. The van der Waals surface area contributed by atoms with Crippen molar-refractivity contribution in [3.63, 3.8) is 0 Å². The Hall–Kier alpha value is -2.56. The lowest BCUT2D eigenvalue weighted by Gasteiger charge is -2.19. The zero-order valence-corrected chi connectivity index (χ0v) is 13.8. The van der Waals surface area contributed by atoms with Crippen molar-refractivity contribution in [2.75, 3.05) is 5.32 Å². The Morgan fingerprint density at radius 3 is 2.43 bits per heavy atom. The molecule has 2 aromatic rings. The quantitative estimate of drug-likeness (QED) is 0.883. The highest BCUT2D eigenvalue weighted by molar-refractivity contribution is 5.67. The van der Waals surface area contributed by atoms with E-state index in [4.69, 9.17) is 4.74 Å². The topological polar surface area (TPSA) is 63.2 Å². The molecule has 0 bridgehead atoms. The van der Waals surface area contributed by atoms with Crippen LogP contribution in [0.2, 0.25) is 0 Å². The van der Waals surface area contributed by atoms with Crippen LogP contribution < -0.4 is 10.6 Å². The van der Waals surface area contributed by atoms with Crippen LogP contribution in [0.25, 0.3) is 0 Å². The molecule has 5 nitrogen and oxygen atoms in total. The van der Waals surface area contributed by atoms with Crippen molar-refractivity contribution in [3.8, 4) is 0 Å². The second-order valence-corrected chi connectivity index (χ2v) is 6.23. The van der Waals surface area contributed by atoms with E-state index in [0.29, 0.717) is 13.1 Å². The average molecular weight is 313 g/mol. The highest BCUT2D eigenvalue weighted by atomic mass is 16.6. The number of amides is 1. The van der Waals surface area contributed by atoms with Crippen molar-refractivity contribution in [2.45, 2.75) is 39.5 Å². The van der Waals surface area contributed by atoms with Gasteiger partial charge in [-0.1, -0.05) is 18.2 Å². The number of hydrogen-bond donors (Lipinski definition) is 2. The molecule has 122 valence electrons. The molecule has 0 spiro atoms. The van der Waals surface area contributed by atoms with E-state index < -0.39 is 11.7 Å². The maximum absolute atomic E-state index is 11.6. The smallest absolute Gasteiger partial charge is 0.407 e. The molecule has 5 heteroatoms. The predicted octanol–water partition coefficient (Wildman–Crippen LogP) is 3.72. The third kappa shape index (κ3) is 6.38. The van der Waals surface area contributed by atoms with Gasteiger partial charge in [0, 0.05) is 18.4 Å². The molecule has 0 aliphatic rings. The van der Waals surface area contributed by atoms with E-state index >= 15 is 0 Å². The first kappa shape index (κ1) is 16.8. The summed E-state index contributed by atoms with van der Waals surface area (Å²) < 4.78 is 5.20. The number of rotatable bonds is 5. The van der Waals surface area contributed by atoms with Crippen LogP contribution in [-0.2, 0) is 17.8 Å². The van der Waals surface area contributed by atoms with Crippen molar-refractivity contribution in [2.24, 2.45) is 0 Å². The van der Waals surface area contributed by atoms with Gasteiger partial charge >= 0.3 is 6.09 Å². The average Bonchev–Trinajstić information content (AvgIpc) is 2.51. The molecule has 0 fully saturated rings. The second-order valence-electron chi connectivity index (χ2n) is 6.23. The van der Waals surface area contributed by atoms with Gasteiger partial charge in [0.2, 0.25) is 0 Å². The number of hydrogen-bond acceptors (Lipinski definition) is 4. The summed E-state index contributed by atoms with van der Waals surface area (Å²) in [5, 5.41) is 6.05. The third-order valence-corrected chi connectivity index (χ3v) is 2.99. The molecule has 2 rings (SSSR count). The summed E-state index contributed by atoms with van der Waals surface area (Å²) in [4.78, 5) is 15.9. The van der Waals surface area contributed by atoms with Gasteiger partial charge in [0.25, 0.3) is 0 Å². The Balaban J connectivity index is 1.79. The van der Waals surface area contributed by atoms with E-state index in [2.05, 4.69) is 15.6 Å². The van der Waals surface area contributed by atoms with Gasteiger partial charge in [0.15, 0.2) is 0 Å². The fourth-order valence-electron chi connectivity index (χ4n) is 1.92. The molecule has 0 unspecified atom stereocenters. The largest absolute Gasteiger partial charge is 0.444 e. The van der Waals surface area contributed by atoms with Crippen molar-refractivity contribution in [1.29, 1.82) is 0 Å². The number of nitrogens with one attached hydrogen (secondary N) is 2. The molecule has 1 aromatic carbocycles. The number of ether oxygens (including phenoxy) is 1. The van der Waals surface area contributed by atoms with E-state index in [1.165, 1.54) is 0 Å². The fraction of sp³-hybridized carbons (Fsp3) is 0.333. The zero-order chi connectivity index (χ0) is 16.7. The molecule has 0 saturated heterocycles. The van der Waals surface area contributed by atoms with E-state index in [1.807, 2.05) is 63.2 Å². The summed E-state index contributed by atoms with van der Waals surface area (Å²) in [5.41, 5.74) is 2.53. The standard InChI is InChI=1S/C18H23N3O2/c1-18(2,3)23-17(22)21-12-14-7-9-15(10-8-14)20-13-16-6-4-5-11-19-16/h4-11,20H,12-13H2,1-3H3,(H,21,22). The Bertz CT molecular complexity index is 619. The summed E-state index contributed by atoms with van der Waals surface area (Å²) in [6, 6.07) is 13.7. The maximum Gasteiger partial charge on any atom is 0.407 e. The van der Waals surface area contributed by atoms with Crippen LogP contribution in [0, 0.1) is 0 Å². The minimum atomic E-state index is -0.483. The molecule has 0 aliphatic heterocycles. The van der Waals surface area contributed by atoms with Crippen molar-refractivity contribution >= 4 is 11.8 Å². The molecule has 0 radical (unpaired) electrons. The number of carbonyl (C=O) groups excluding carboxylic acids is 1. The summed E-state index contributed by atoms with van der Waals surface area (Å²) >= 11 is 0. The van der Waals surface area contributed by atoms with Crippen LogP contribution in [0.4, 0.5) is 10.5 Å². The molecule has 0 aliphatic carbocycles. The fourth-order valence-corrected chi connectivity index (χ4v) is 1.92. The van der Waals surface area contributed by atoms with Gasteiger partial charge in [-0.25, -0.2) is 4.79 Å².